The summed E-state index contributed by atoms with van der Waals surface area (Å²) in [4.78, 5) is 7.68. The predicted molar refractivity (Wildman–Crippen MR) is 70.6 cm³/mol. The molecule has 2 aromatic heterocycles. The van der Waals surface area contributed by atoms with E-state index in [0.717, 1.165) is 16.3 Å². The van der Waals surface area contributed by atoms with Gasteiger partial charge in [-0.1, -0.05) is 29.4 Å². The maximum Gasteiger partial charge on any atom is 0.471 e. The summed E-state index contributed by atoms with van der Waals surface area (Å²) in [7, 11) is 0. The Kier molecular flexibility index (Phi) is 3.25. The van der Waals surface area contributed by atoms with E-state index in [1.807, 2.05) is 12.3 Å². The normalized spacial score (nSPS) is 11.8. The Morgan fingerprint density at radius 1 is 1.05 bits per heavy atom. The number of hydrogen-bond acceptors (Lipinski definition) is 5. The first-order chi connectivity index (χ1) is 9.93. The summed E-state index contributed by atoms with van der Waals surface area (Å²) < 4.78 is 41.4. The quantitative estimate of drug-likeness (QED) is 0.712. The Morgan fingerprint density at radius 2 is 1.71 bits per heavy atom. The number of rotatable bonds is 2. The lowest BCUT2D eigenvalue weighted by molar-refractivity contribution is -0.159. The number of nitrogens with zero attached hydrogens (tertiary/aromatic N) is 3. The minimum absolute atomic E-state index is 0.0933. The molecular formula is C13H8F3N3OS. The van der Waals surface area contributed by atoms with E-state index in [1.54, 1.807) is 24.3 Å². The Bertz CT molecular complexity index is 762. The van der Waals surface area contributed by atoms with Gasteiger partial charge in [-0.05, 0) is 6.92 Å². The van der Waals surface area contributed by atoms with Gasteiger partial charge >= 0.3 is 12.1 Å². The third-order valence-electron chi connectivity index (χ3n) is 2.68. The van der Waals surface area contributed by atoms with Gasteiger partial charge in [-0.2, -0.15) is 18.2 Å². The highest BCUT2D eigenvalue weighted by atomic mass is 32.1. The molecule has 3 aromatic rings. The molecule has 8 heteroatoms. The molecule has 0 amide bonds. The number of alkyl halides is 3. The molecule has 1 aromatic carbocycles. The average molecular weight is 311 g/mol. The van der Waals surface area contributed by atoms with Gasteiger partial charge in [0.25, 0.3) is 0 Å². The zero-order valence-electron chi connectivity index (χ0n) is 10.7. The molecule has 0 radical (unpaired) electrons. The molecule has 0 aliphatic rings. The third kappa shape index (κ3) is 2.80. The molecule has 0 aliphatic heterocycles. The highest BCUT2D eigenvalue weighted by Crippen LogP contribution is 2.30. The molecule has 0 atom stereocenters. The Morgan fingerprint density at radius 3 is 2.24 bits per heavy atom. The summed E-state index contributed by atoms with van der Waals surface area (Å²) >= 11 is 1.50. The van der Waals surface area contributed by atoms with E-state index in [-0.39, 0.29) is 5.82 Å². The molecular weight excluding hydrogens is 303 g/mol. The lowest BCUT2D eigenvalue weighted by Gasteiger charge is -1.98. The standard InChI is InChI=1S/C13H8F3N3OS/c1-7-6-21-11(17-7)9-4-2-8(3-5-9)10-18-12(20-19-10)13(14,15)16/h2-6H,1H3. The zero-order valence-corrected chi connectivity index (χ0v) is 11.5. The Hall–Kier alpha value is -2.22. The van der Waals surface area contributed by atoms with Crippen LogP contribution in [0.1, 0.15) is 11.6 Å². The number of thiazole rings is 1. The van der Waals surface area contributed by atoms with E-state index in [0.29, 0.717) is 5.56 Å². The molecule has 3 rings (SSSR count). The third-order valence-corrected chi connectivity index (χ3v) is 3.69. The zero-order chi connectivity index (χ0) is 15.0. The number of hydrogen-bond donors (Lipinski definition) is 0. The van der Waals surface area contributed by atoms with E-state index >= 15 is 0 Å². The predicted octanol–water partition coefficient (Wildman–Crippen LogP) is 4.19. The van der Waals surface area contributed by atoms with Crippen LogP contribution < -0.4 is 0 Å². The summed E-state index contributed by atoms with van der Waals surface area (Å²) in [5, 5.41) is 6.12. The van der Waals surface area contributed by atoms with E-state index in [9.17, 15) is 13.2 Å². The number of halogens is 3. The van der Waals surface area contributed by atoms with Crippen LogP contribution >= 0.6 is 11.3 Å². The van der Waals surface area contributed by atoms with Gasteiger partial charge in [0.05, 0.1) is 0 Å². The molecule has 2 heterocycles. The van der Waals surface area contributed by atoms with Crippen LogP contribution in [0.5, 0.6) is 0 Å². The number of benzene rings is 1. The van der Waals surface area contributed by atoms with Crippen molar-refractivity contribution in [2.45, 2.75) is 13.1 Å². The van der Waals surface area contributed by atoms with Gasteiger partial charge in [0.1, 0.15) is 5.01 Å². The number of aromatic nitrogens is 3. The van der Waals surface area contributed by atoms with Crippen molar-refractivity contribution >= 4 is 11.3 Å². The van der Waals surface area contributed by atoms with Gasteiger partial charge in [-0.3, -0.25) is 0 Å². The van der Waals surface area contributed by atoms with Crippen LogP contribution in [-0.4, -0.2) is 15.1 Å². The molecule has 108 valence electrons. The molecule has 0 fully saturated rings. The molecule has 0 spiro atoms. The SMILES string of the molecule is Cc1csc(-c2ccc(-c3noc(C(F)(F)F)n3)cc2)n1. The minimum Gasteiger partial charge on any atom is -0.329 e. The summed E-state index contributed by atoms with van der Waals surface area (Å²) in [5.74, 6) is -1.44. The molecule has 0 bridgehead atoms. The van der Waals surface area contributed by atoms with E-state index < -0.39 is 12.1 Å². The van der Waals surface area contributed by atoms with Crippen molar-refractivity contribution in [3.8, 4) is 22.0 Å². The van der Waals surface area contributed by atoms with Crippen molar-refractivity contribution in [3.63, 3.8) is 0 Å². The van der Waals surface area contributed by atoms with Crippen molar-refractivity contribution in [2.75, 3.05) is 0 Å². The molecule has 0 N–H and O–H groups in total. The molecule has 21 heavy (non-hydrogen) atoms. The molecule has 0 saturated heterocycles. The Labute approximate surface area is 121 Å². The fraction of sp³-hybridized carbons (Fsp3) is 0.154. The van der Waals surface area contributed by atoms with Gasteiger partial charge < -0.3 is 4.52 Å². The van der Waals surface area contributed by atoms with Crippen LogP contribution in [0.15, 0.2) is 34.2 Å². The van der Waals surface area contributed by atoms with E-state index in [1.165, 1.54) is 11.3 Å². The second kappa shape index (κ2) is 4.96. The van der Waals surface area contributed by atoms with Crippen LogP contribution in [0.4, 0.5) is 13.2 Å². The van der Waals surface area contributed by atoms with Crippen LogP contribution in [0.25, 0.3) is 22.0 Å². The lowest BCUT2D eigenvalue weighted by atomic mass is 10.1. The topological polar surface area (TPSA) is 51.8 Å². The first kappa shape index (κ1) is 13.7. The van der Waals surface area contributed by atoms with Crippen molar-refractivity contribution < 1.29 is 17.7 Å². The molecule has 4 nitrogen and oxygen atoms in total. The summed E-state index contributed by atoms with van der Waals surface area (Å²) in [6, 6.07) is 6.79. The fourth-order valence-electron chi connectivity index (χ4n) is 1.70. The van der Waals surface area contributed by atoms with Crippen molar-refractivity contribution in [3.05, 3.63) is 41.2 Å². The van der Waals surface area contributed by atoms with Crippen molar-refractivity contribution in [1.29, 1.82) is 0 Å². The smallest absolute Gasteiger partial charge is 0.329 e. The second-order valence-electron chi connectivity index (χ2n) is 4.29. The summed E-state index contributed by atoms with van der Waals surface area (Å²) in [6.07, 6.45) is -4.64. The highest BCUT2D eigenvalue weighted by Gasteiger charge is 2.38. The van der Waals surface area contributed by atoms with Crippen LogP contribution in [0.3, 0.4) is 0 Å². The van der Waals surface area contributed by atoms with Gasteiger partial charge in [0.2, 0.25) is 5.82 Å². The van der Waals surface area contributed by atoms with E-state index in [2.05, 4.69) is 19.6 Å². The summed E-state index contributed by atoms with van der Waals surface area (Å²) in [5.41, 5.74) is 2.26. The second-order valence-corrected chi connectivity index (χ2v) is 5.15. The maximum absolute atomic E-state index is 12.4. The minimum atomic E-state index is -4.64. The van der Waals surface area contributed by atoms with Crippen LogP contribution in [0, 0.1) is 6.92 Å². The average Bonchev–Trinajstić information content (AvgIpc) is 3.07. The largest absolute Gasteiger partial charge is 0.471 e. The molecule has 0 aliphatic carbocycles. The monoisotopic (exact) mass is 311 g/mol. The Balaban J connectivity index is 1.89. The van der Waals surface area contributed by atoms with Crippen molar-refractivity contribution in [2.24, 2.45) is 0 Å². The van der Waals surface area contributed by atoms with Gasteiger partial charge in [0.15, 0.2) is 0 Å². The maximum atomic E-state index is 12.4. The lowest BCUT2D eigenvalue weighted by Crippen LogP contribution is -2.04. The highest BCUT2D eigenvalue weighted by molar-refractivity contribution is 7.13. The van der Waals surface area contributed by atoms with Crippen molar-refractivity contribution in [1.82, 2.24) is 15.1 Å². The van der Waals surface area contributed by atoms with Gasteiger partial charge in [-0.15, -0.1) is 11.3 Å². The number of aryl methyl sites for hydroxylation is 1. The first-order valence-electron chi connectivity index (χ1n) is 5.87. The fourth-order valence-corrected chi connectivity index (χ4v) is 2.51. The van der Waals surface area contributed by atoms with E-state index in [4.69, 9.17) is 0 Å². The summed E-state index contributed by atoms with van der Waals surface area (Å²) in [6.45, 7) is 1.90. The molecule has 0 unspecified atom stereocenters. The molecule has 0 saturated carbocycles. The first-order valence-corrected chi connectivity index (χ1v) is 6.75. The van der Waals surface area contributed by atoms with Gasteiger partial charge in [0, 0.05) is 22.2 Å². The van der Waals surface area contributed by atoms with Crippen LogP contribution in [0.2, 0.25) is 0 Å². The van der Waals surface area contributed by atoms with Crippen LogP contribution in [-0.2, 0) is 6.18 Å². The van der Waals surface area contributed by atoms with Gasteiger partial charge in [-0.25, -0.2) is 4.98 Å².